The van der Waals surface area contributed by atoms with Crippen molar-refractivity contribution in [3.63, 3.8) is 0 Å². The summed E-state index contributed by atoms with van der Waals surface area (Å²) in [6, 6.07) is 10.9. The first-order chi connectivity index (χ1) is 13.4. The lowest BCUT2D eigenvalue weighted by Crippen LogP contribution is -2.31. The van der Waals surface area contributed by atoms with Crippen LogP contribution in [0.15, 0.2) is 53.7 Å². The summed E-state index contributed by atoms with van der Waals surface area (Å²) in [5.74, 6) is -2.43. The third-order valence-electron chi connectivity index (χ3n) is 4.50. The van der Waals surface area contributed by atoms with Crippen LogP contribution in [0, 0.1) is 17.6 Å². The summed E-state index contributed by atoms with van der Waals surface area (Å²) in [5.41, 5.74) is 6.73. The minimum absolute atomic E-state index is 0.0395. The van der Waals surface area contributed by atoms with Gasteiger partial charge in [0.25, 0.3) is 0 Å². The number of amides is 1. The standard InChI is InChI=1S/C20H19F2N3O3/c21-15-5-3-13(4-6-15)19(23)24-28-20(27)14-2-1-11-25(18(26)12-14)17-9-7-16(22)8-10-17/h3-10,14H,1-2,11-12H2,(H2,23,24). The molecule has 0 radical (unpaired) electrons. The maximum atomic E-state index is 13.1. The average molecular weight is 387 g/mol. The fraction of sp³-hybridized carbons (Fsp3) is 0.250. The quantitative estimate of drug-likeness (QED) is 0.378. The van der Waals surface area contributed by atoms with Gasteiger partial charge in [-0.3, -0.25) is 4.79 Å². The number of oxime groups is 1. The van der Waals surface area contributed by atoms with Gasteiger partial charge in [-0.1, -0.05) is 5.16 Å². The van der Waals surface area contributed by atoms with E-state index in [1.807, 2.05) is 0 Å². The number of hydrogen-bond donors (Lipinski definition) is 1. The lowest BCUT2D eigenvalue weighted by molar-refractivity contribution is -0.150. The molecule has 1 aliphatic heterocycles. The highest BCUT2D eigenvalue weighted by atomic mass is 19.1. The summed E-state index contributed by atoms with van der Waals surface area (Å²) in [6.45, 7) is 0.426. The normalized spacial score (nSPS) is 17.9. The SMILES string of the molecule is NC(=NOC(=O)C1CCCN(c2ccc(F)cc2)C(=O)C1)c1ccc(F)cc1. The second-order valence-corrected chi connectivity index (χ2v) is 6.46. The highest BCUT2D eigenvalue weighted by Crippen LogP contribution is 2.25. The first-order valence-electron chi connectivity index (χ1n) is 8.80. The highest BCUT2D eigenvalue weighted by Gasteiger charge is 2.30. The maximum absolute atomic E-state index is 13.1. The highest BCUT2D eigenvalue weighted by molar-refractivity contribution is 5.98. The number of rotatable bonds is 4. The Hall–Kier alpha value is -3.29. The Morgan fingerprint density at radius 1 is 1.07 bits per heavy atom. The number of nitrogens with two attached hydrogens (primary N) is 1. The average Bonchev–Trinajstić information content (AvgIpc) is 2.89. The Balaban J connectivity index is 1.63. The minimum Gasteiger partial charge on any atom is -0.380 e. The molecule has 1 unspecified atom stereocenters. The third-order valence-corrected chi connectivity index (χ3v) is 4.50. The topological polar surface area (TPSA) is 85.0 Å². The molecule has 0 aromatic heterocycles. The summed E-state index contributed by atoms with van der Waals surface area (Å²) in [4.78, 5) is 31.3. The smallest absolute Gasteiger partial charge is 0.338 e. The molecule has 0 aliphatic carbocycles. The molecule has 28 heavy (non-hydrogen) atoms. The van der Waals surface area contributed by atoms with Crippen LogP contribution in [0.4, 0.5) is 14.5 Å². The van der Waals surface area contributed by atoms with E-state index in [0.717, 1.165) is 0 Å². The lowest BCUT2D eigenvalue weighted by Gasteiger charge is -2.20. The Morgan fingerprint density at radius 2 is 1.68 bits per heavy atom. The van der Waals surface area contributed by atoms with Gasteiger partial charge in [0.2, 0.25) is 5.91 Å². The summed E-state index contributed by atoms with van der Waals surface area (Å²) in [6.07, 6.45) is 0.996. The molecule has 3 rings (SSSR count). The predicted molar refractivity (Wildman–Crippen MR) is 99.3 cm³/mol. The molecular formula is C20H19F2N3O3. The zero-order valence-corrected chi connectivity index (χ0v) is 15.0. The molecule has 1 saturated heterocycles. The third kappa shape index (κ3) is 4.70. The zero-order chi connectivity index (χ0) is 20.1. The van der Waals surface area contributed by atoms with Crippen LogP contribution in [0.5, 0.6) is 0 Å². The Morgan fingerprint density at radius 3 is 2.32 bits per heavy atom. The van der Waals surface area contributed by atoms with E-state index in [4.69, 9.17) is 10.6 Å². The Kier molecular flexibility index (Phi) is 5.98. The molecule has 6 nitrogen and oxygen atoms in total. The van der Waals surface area contributed by atoms with Gasteiger partial charge in [0.05, 0.1) is 5.92 Å². The second-order valence-electron chi connectivity index (χ2n) is 6.46. The number of carbonyl (C=O) groups is 2. The van der Waals surface area contributed by atoms with E-state index in [1.54, 1.807) is 0 Å². The van der Waals surface area contributed by atoms with Crippen molar-refractivity contribution in [2.45, 2.75) is 19.3 Å². The molecule has 1 fully saturated rings. The van der Waals surface area contributed by atoms with Gasteiger partial charge in [-0.2, -0.15) is 0 Å². The predicted octanol–water partition coefficient (Wildman–Crippen LogP) is 2.96. The van der Waals surface area contributed by atoms with E-state index in [9.17, 15) is 18.4 Å². The molecule has 1 heterocycles. The van der Waals surface area contributed by atoms with Crippen molar-refractivity contribution in [2.24, 2.45) is 16.8 Å². The van der Waals surface area contributed by atoms with Gasteiger partial charge >= 0.3 is 5.97 Å². The molecule has 1 amide bonds. The summed E-state index contributed by atoms with van der Waals surface area (Å²) >= 11 is 0. The van der Waals surface area contributed by atoms with Gasteiger partial charge in [0, 0.05) is 24.2 Å². The minimum atomic E-state index is -0.653. The van der Waals surface area contributed by atoms with Gasteiger partial charge < -0.3 is 15.5 Å². The molecule has 2 aromatic carbocycles. The van der Waals surface area contributed by atoms with E-state index in [0.29, 0.717) is 30.6 Å². The molecule has 2 aromatic rings. The van der Waals surface area contributed by atoms with Crippen molar-refractivity contribution in [3.05, 3.63) is 65.7 Å². The number of hydrogen-bond acceptors (Lipinski definition) is 4. The van der Waals surface area contributed by atoms with Crippen LogP contribution in [0.25, 0.3) is 0 Å². The monoisotopic (exact) mass is 387 g/mol. The van der Waals surface area contributed by atoms with Crippen molar-refractivity contribution in [1.29, 1.82) is 0 Å². The molecule has 146 valence electrons. The molecular weight excluding hydrogens is 368 g/mol. The number of anilines is 1. The molecule has 2 N–H and O–H groups in total. The van der Waals surface area contributed by atoms with Crippen molar-refractivity contribution in [3.8, 4) is 0 Å². The summed E-state index contributed by atoms with van der Waals surface area (Å²) < 4.78 is 26.0. The van der Waals surface area contributed by atoms with Crippen molar-refractivity contribution < 1.29 is 23.2 Å². The zero-order valence-electron chi connectivity index (χ0n) is 15.0. The van der Waals surface area contributed by atoms with E-state index < -0.39 is 17.7 Å². The van der Waals surface area contributed by atoms with Gasteiger partial charge in [-0.05, 0) is 61.4 Å². The van der Waals surface area contributed by atoms with Crippen LogP contribution < -0.4 is 10.6 Å². The summed E-state index contributed by atoms with van der Waals surface area (Å²) in [7, 11) is 0. The Labute approximate surface area is 160 Å². The van der Waals surface area contributed by atoms with Crippen LogP contribution in [0.1, 0.15) is 24.8 Å². The fourth-order valence-corrected chi connectivity index (χ4v) is 2.98. The van der Waals surface area contributed by atoms with E-state index >= 15 is 0 Å². The van der Waals surface area contributed by atoms with E-state index in [2.05, 4.69) is 5.16 Å². The number of amidine groups is 1. The van der Waals surface area contributed by atoms with E-state index in [-0.39, 0.29) is 24.0 Å². The van der Waals surface area contributed by atoms with Gasteiger partial charge in [0.15, 0.2) is 5.84 Å². The summed E-state index contributed by atoms with van der Waals surface area (Å²) in [5, 5.41) is 3.60. The van der Waals surface area contributed by atoms with Crippen LogP contribution in [0.3, 0.4) is 0 Å². The second kappa shape index (κ2) is 8.60. The van der Waals surface area contributed by atoms with Crippen molar-refractivity contribution >= 4 is 23.4 Å². The Bertz CT molecular complexity index is 883. The molecule has 8 heteroatoms. The van der Waals surface area contributed by atoms with Crippen LogP contribution in [-0.4, -0.2) is 24.3 Å². The lowest BCUT2D eigenvalue weighted by atomic mass is 10.0. The first kappa shape index (κ1) is 19.5. The fourth-order valence-electron chi connectivity index (χ4n) is 2.98. The number of halogens is 2. The van der Waals surface area contributed by atoms with Crippen molar-refractivity contribution in [1.82, 2.24) is 0 Å². The molecule has 0 bridgehead atoms. The van der Waals surface area contributed by atoms with Gasteiger partial charge in [-0.15, -0.1) is 0 Å². The number of benzene rings is 2. The van der Waals surface area contributed by atoms with Crippen molar-refractivity contribution in [2.75, 3.05) is 11.4 Å². The first-order valence-corrected chi connectivity index (χ1v) is 8.80. The van der Waals surface area contributed by atoms with Crippen LogP contribution in [-0.2, 0) is 14.4 Å². The van der Waals surface area contributed by atoms with E-state index in [1.165, 1.54) is 53.4 Å². The number of carbonyl (C=O) groups excluding carboxylic acids is 2. The maximum Gasteiger partial charge on any atom is 0.338 e. The molecule has 0 saturated carbocycles. The molecule has 0 spiro atoms. The van der Waals surface area contributed by atoms with Gasteiger partial charge in [-0.25, -0.2) is 13.6 Å². The van der Waals surface area contributed by atoms with Crippen LogP contribution in [0.2, 0.25) is 0 Å². The number of nitrogens with zero attached hydrogens (tertiary/aromatic N) is 2. The van der Waals surface area contributed by atoms with Crippen LogP contribution >= 0.6 is 0 Å². The molecule has 1 atom stereocenters. The van der Waals surface area contributed by atoms with Gasteiger partial charge in [0.1, 0.15) is 11.6 Å². The largest absolute Gasteiger partial charge is 0.380 e. The molecule has 1 aliphatic rings.